The van der Waals surface area contributed by atoms with E-state index in [1.54, 1.807) is 22.6 Å². The topological polar surface area (TPSA) is 187 Å². The number of likely N-dealkylation sites (N-methyl/N-ethyl adjacent to an activating group) is 1. The Balaban J connectivity index is 1.18. The maximum absolute atomic E-state index is 12.5. The summed E-state index contributed by atoms with van der Waals surface area (Å²) in [6, 6.07) is 5.60. The van der Waals surface area contributed by atoms with Crippen molar-refractivity contribution in [2.45, 2.75) is 31.8 Å². The number of aromatic amines is 1. The zero-order chi connectivity index (χ0) is 30.2. The van der Waals surface area contributed by atoms with Gasteiger partial charge in [-0.3, -0.25) is 24.5 Å². The molecule has 3 heterocycles. The van der Waals surface area contributed by atoms with E-state index in [0.29, 0.717) is 37.2 Å². The van der Waals surface area contributed by atoms with E-state index in [9.17, 15) is 24.3 Å². The maximum Gasteiger partial charge on any atom is 0.508 e. The first-order valence-electron chi connectivity index (χ1n) is 12.9. The summed E-state index contributed by atoms with van der Waals surface area (Å²) < 4.78 is 18.1. The number of nitrogens with zero attached hydrogens (tertiary/aromatic N) is 4. The molecule has 1 aliphatic heterocycles. The summed E-state index contributed by atoms with van der Waals surface area (Å²) in [5.74, 6) is -0.335. The lowest BCUT2D eigenvalue weighted by Gasteiger charge is -2.21. The number of aliphatic hydroxyl groups is 1. The van der Waals surface area contributed by atoms with Gasteiger partial charge in [0.15, 0.2) is 0 Å². The van der Waals surface area contributed by atoms with Crippen molar-refractivity contribution in [2.75, 3.05) is 39.4 Å². The van der Waals surface area contributed by atoms with Gasteiger partial charge in [0, 0.05) is 23.2 Å². The quantitative estimate of drug-likeness (QED) is 0.170. The van der Waals surface area contributed by atoms with Gasteiger partial charge < -0.3 is 29.5 Å². The van der Waals surface area contributed by atoms with E-state index in [0.717, 1.165) is 8.30 Å². The van der Waals surface area contributed by atoms with Crippen LogP contribution in [0.1, 0.15) is 23.8 Å². The molecule has 1 aromatic carbocycles. The molecule has 17 heteroatoms. The molecule has 0 saturated carbocycles. The number of hydrogen-bond donors (Lipinski definition) is 3. The third-order valence-electron chi connectivity index (χ3n) is 6.22. The molecule has 42 heavy (non-hydrogen) atoms. The molecule has 1 amide bonds. The van der Waals surface area contributed by atoms with Gasteiger partial charge in [-0.25, -0.2) is 14.6 Å². The summed E-state index contributed by atoms with van der Waals surface area (Å²) in [6.07, 6.45) is -1.09. The number of carbonyl (C=O) groups is 2. The van der Waals surface area contributed by atoms with E-state index < -0.39 is 42.5 Å². The summed E-state index contributed by atoms with van der Waals surface area (Å²) in [4.78, 5) is 66.5. The van der Waals surface area contributed by atoms with E-state index >= 15 is 0 Å². The Kier molecular flexibility index (Phi) is 11.5. The molecule has 15 nitrogen and oxygen atoms in total. The molecule has 226 valence electrons. The standard InChI is InChI=1S/C25H28I2N6O9/c1-2-32(6-5-28-23(36)18-11-29-17-9-14(26)3-4-16(17)30-18)7-8-39-25(38)41-19-10-21(40-20(19)13-34)42-33-12-15(27)22(35)31-24(33)37/h3-4,9,11-12,19-21,34H,2,5-8,10,13H2,1H3,(H,28,36)(H,31,35,37)/t19-,20+,21-/m0/s1. The van der Waals surface area contributed by atoms with Gasteiger partial charge in [-0.1, -0.05) is 6.92 Å². The molecular weight excluding hydrogens is 782 g/mol. The van der Waals surface area contributed by atoms with E-state index in [-0.39, 0.29) is 28.2 Å². The molecule has 0 radical (unpaired) electrons. The second-order valence-corrected chi connectivity index (χ2v) is 11.4. The Labute approximate surface area is 266 Å². The summed E-state index contributed by atoms with van der Waals surface area (Å²) in [5.41, 5.74) is 0.224. The van der Waals surface area contributed by atoms with E-state index in [1.165, 1.54) is 12.4 Å². The minimum absolute atomic E-state index is 0.0180. The van der Waals surface area contributed by atoms with Gasteiger partial charge in [0.05, 0.1) is 40.0 Å². The van der Waals surface area contributed by atoms with Crippen LogP contribution in [0.15, 0.2) is 40.2 Å². The molecule has 1 fully saturated rings. The van der Waals surface area contributed by atoms with Crippen molar-refractivity contribution in [3.8, 4) is 0 Å². The molecule has 0 unspecified atom stereocenters. The lowest BCUT2D eigenvalue weighted by Crippen LogP contribution is -2.38. The smallest absolute Gasteiger partial charge is 0.433 e. The first kappa shape index (κ1) is 32.0. The van der Waals surface area contributed by atoms with E-state index in [4.69, 9.17) is 19.0 Å². The molecule has 2 aromatic heterocycles. The molecular formula is C25H28I2N6O9. The molecule has 3 aromatic rings. The lowest BCUT2D eigenvalue weighted by molar-refractivity contribution is -0.149. The van der Waals surface area contributed by atoms with Crippen LogP contribution in [0, 0.1) is 7.14 Å². The number of carbonyl (C=O) groups excluding carboxylic acids is 2. The van der Waals surface area contributed by atoms with Crippen LogP contribution in [0.25, 0.3) is 11.0 Å². The maximum atomic E-state index is 12.5. The number of ether oxygens (including phenoxy) is 3. The van der Waals surface area contributed by atoms with Gasteiger partial charge in [-0.15, -0.1) is 4.73 Å². The van der Waals surface area contributed by atoms with Gasteiger partial charge in [0.2, 0.25) is 6.29 Å². The summed E-state index contributed by atoms with van der Waals surface area (Å²) in [6.45, 7) is 3.39. The summed E-state index contributed by atoms with van der Waals surface area (Å²) >= 11 is 3.93. The first-order chi connectivity index (χ1) is 20.2. The highest BCUT2D eigenvalue weighted by Gasteiger charge is 2.40. The highest BCUT2D eigenvalue weighted by atomic mass is 127. The van der Waals surface area contributed by atoms with Gasteiger partial charge >= 0.3 is 11.8 Å². The molecule has 0 aliphatic carbocycles. The SMILES string of the molecule is CCN(CCNC(=O)c1cnc2cc(I)ccc2n1)CCOC(=O)O[C@H]1C[C@H](On2cc(I)c(=O)[nH]c2=O)O[C@@H]1CO. The van der Waals surface area contributed by atoms with Crippen molar-refractivity contribution >= 4 is 68.3 Å². The zero-order valence-electron chi connectivity index (χ0n) is 22.3. The number of hydrogen-bond acceptors (Lipinski definition) is 12. The highest BCUT2D eigenvalue weighted by Crippen LogP contribution is 2.23. The second-order valence-electron chi connectivity index (χ2n) is 9.02. The number of amides is 1. The van der Waals surface area contributed by atoms with Crippen molar-refractivity contribution in [2.24, 2.45) is 0 Å². The van der Waals surface area contributed by atoms with Crippen LogP contribution < -0.4 is 21.4 Å². The second kappa shape index (κ2) is 15.0. The fourth-order valence-electron chi connectivity index (χ4n) is 4.02. The monoisotopic (exact) mass is 810 g/mol. The number of halogens is 2. The minimum Gasteiger partial charge on any atom is -0.433 e. The van der Waals surface area contributed by atoms with Crippen molar-refractivity contribution in [3.05, 3.63) is 64.3 Å². The highest BCUT2D eigenvalue weighted by molar-refractivity contribution is 14.1. The Morgan fingerprint density at radius 3 is 2.83 bits per heavy atom. The molecule has 0 bridgehead atoms. The van der Waals surface area contributed by atoms with Crippen LogP contribution in [0.5, 0.6) is 0 Å². The predicted octanol–water partition coefficient (Wildman–Crippen LogP) is 0.499. The predicted molar refractivity (Wildman–Crippen MR) is 164 cm³/mol. The normalized spacial score (nSPS) is 18.3. The van der Waals surface area contributed by atoms with E-state index in [1.807, 2.05) is 30.0 Å². The molecule has 1 aliphatic rings. The third-order valence-corrected chi connectivity index (χ3v) is 7.66. The van der Waals surface area contributed by atoms with Crippen molar-refractivity contribution in [3.63, 3.8) is 0 Å². The largest absolute Gasteiger partial charge is 0.508 e. The van der Waals surface area contributed by atoms with Crippen LogP contribution in [-0.2, 0) is 14.2 Å². The molecule has 3 N–H and O–H groups in total. The third kappa shape index (κ3) is 8.58. The Hall–Kier alpha value is -2.88. The number of nitrogens with one attached hydrogen (secondary N) is 2. The molecule has 4 rings (SSSR count). The van der Waals surface area contributed by atoms with Gasteiger partial charge in [-0.2, -0.15) is 0 Å². The van der Waals surface area contributed by atoms with Crippen LogP contribution in [0.3, 0.4) is 0 Å². The van der Waals surface area contributed by atoms with Gasteiger partial charge in [0.1, 0.15) is 24.5 Å². The Bertz CT molecular complexity index is 1530. The fourth-order valence-corrected chi connectivity index (χ4v) is 4.89. The minimum atomic E-state index is -1.02. The van der Waals surface area contributed by atoms with Crippen LogP contribution in [-0.4, -0.2) is 99.6 Å². The summed E-state index contributed by atoms with van der Waals surface area (Å²) in [5, 5.41) is 12.4. The van der Waals surface area contributed by atoms with Crippen molar-refractivity contribution < 1.29 is 33.7 Å². The van der Waals surface area contributed by atoms with Gasteiger partial charge in [0.25, 0.3) is 11.5 Å². The number of fused-ring (bicyclic) bond motifs is 1. The van der Waals surface area contributed by atoms with Crippen molar-refractivity contribution in [1.82, 2.24) is 29.9 Å². The molecule has 0 spiro atoms. The Morgan fingerprint density at radius 1 is 1.26 bits per heavy atom. The lowest BCUT2D eigenvalue weighted by atomic mass is 10.2. The number of H-pyrrole nitrogens is 1. The summed E-state index contributed by atoms with van der Waals surface area (Å²) in [7, 11) is 0. The van der Waals surface area contributed by atoms with Crippen LogP contribution in [0.4, 0.5) is 4.79 Å². The molecule has 3 atom stereocenters. The number of aliphatic hydroxyl groups excluding tert-OH is 1. The average Bonchev–Trinajstić information content (AvgIpc) is 3.35. The Morgan fingerprint density at radius 2 is 2.07 bits per heavy atom. The van der Waals surface area contributed by atoms with Crippen LogP contribution in [0.2, 0.25) is 0 Å². The van der Waals surface area contributed by atoms with Gasteiger partial charge in [-0.05, 0) is 69.9 Å². The zero-order valence-corrected chi connectivity index (χ0v) is 26.6. The fraction of sp³-hybridized carbons (Fsp3) is 0.440. The van der Waals surface area contributed by atoms with Crippen LogP contribution >= 0.6 is 45.2 Å². The number of aromatic nitrogens is 4. The van der Waals surface area contributed by atoms with Crippen molar-refractivity contribution in [1.29, 1.82) is 0 Å². The number of benzene rings is 1. The van der Waals surface area contributed by atoms with E-state index in [2.05, 4.69) is 42.9 Å². The molecule has 1 saturated heterocycles. The number of rotatable bonds is 12. The average molecular weight is 810 g/mol. The first-order valence-corrected chi connectivity index (χ1v) is 15.0.